The van der Waals surface area contributed by atoms with E-state index in [-0.39, 0.29) is 0 Å². The van der Waals surface area contributed by atoms with Gasteiger partial charge in [0, 0.05) is 38.8 Å². The Hall–Kier alpha value is -6.86. The predicted octanol–water partition coefficient (Wildman–Crippen LogP) is 9.96. The van der Waals surface area contributed by atoms with Crippen molar-refractivity contribution in [2.75, 3.05) is 0 Å². The molecule has 9 aromatic rings. The highest BCUT2D eigenvalue weighted by Gasteiger charge is 2.16. The van der Waals surface area contributed by atoms with Crippen LogP contribution in [0.15, 0.2) is 162 Å². The molecule has 0 bridgehead atoms. The van der Waals surface area contributed by atoms with Crippen LogP contribution in [0.3, 0.4) is 0 Å². The fraction of sp³-hybridized carbons (Fsp3) is 0. The maximum Gasteiger partial charge on any atom is 0.227 e. The summed E-state index contributed by atoms with van der Waals surface area (Å²) in [4.78, 5) is 29.4. The van der Waals surface area contributed by atoms with E-state index >= 15 is 0 Å². The van der Waals surface area contributed by atoms with Crippen LogP contribution in [0, 0.1) is 0 Å². The number of aromatic nitrogens is 6. The fourth-order valence-corrected chi connectivity index (χ4v) is 5.91. The van der Waals surface area contributed by atoms with Crippen LogP contribution in [0.2, 0.25) is 0 Å². The molecule has 0 aliphatic heterocycles. The highest BCUT2D eigenvalue weighted by Crippen LogP contribution is 2.33. The summed E-state index contributed by atoms with van der Waals surface area (Å²) in [6.07, 6.45) is 0. The van der Waals surface area contributed by atoms with Crippen molar-refractivity contribution in [3.8, 4) is 68.3 Å². The smallest absolute Gasteiger partial charge is 0.227 e. The minimum atomic E-state index is 0.581. The minimum Gasteiger partial charge on any atom is -0.436 e. The van der Waals surface area contributed by atoms with Gasteiger partial charge < -0.3 is 4.42 Å². The minimum absolute atomic E-state index is 0.581. The average Bonchev–Trinajstić information content (AvgIpc) is 3.62. The van der Waals surface area contributed by atoms with Crippen molar-refractivity contribution in [3.63, 3.8) is 0 Å². The molecule has 49 heavy (non-hydrogen) atoms. The van der Waals surface area contributed by atoms with Crippen LogP contribution in [0.4, 0.5) is 0 Å². The first kappa shape index (κ1) is 28.4. The van der Waals surface area contributed by atoms with Gasteiger partial charge >= 0.3 is 0 Å². The Morgan fingerprint density at radius 2 is 0.816 bits per heavy atom. The van der Waals surface area contributed by atoms with E-state index in [1.165, 1.54) is 0 Å². The van der Waals surface area contributed by atoms with Crippen molar-refractivity contribution < 1.29 is 4.42 Å². The average molecular weight is 631 g/mol. The third-order valence-corrected chi connectivity index (χ3v) is 8.39. The number of oxazole rings is 1. The Kier molecular flexibility index (Phi) is 6.98. The molecule has 0 amide bonds. The van der Waals surface area contributed by atoms with Crippen molar-refractivity contribution in [1.29, 1.82) is 0 Å². The number of fused-ring (bicyclic) bond motifs is 2. The van der Waals surface area contributed by atoms with Gasteiger partial charge in [-0.15, -0.1) is 0 Å². The van der Waals surface area contributed by atoms with Crippen molar-refractivity contribution in [2.24, 2.45) is 0 Å². The van der Waals surface area contributed by atoms with Gasteiger partial charge in [-0.3, -0.25) is 0 Å². The molecule has 3 aromatic heterocycles. The van der Waals surface area contributed by atoms with E-state index in [1.54, 1.807) is 0 Å². The van der Waals surface area contributed by atoms with Crippen LogP contribution in [-0.4, -0.2) is 29.9 Å². The lowest BCUT2D eigenvalue weighted by molar-refractivity contribution is 0.620. The van der Waals surface area contributed by atoms with Gasteiger partial charge in [0.15, 0.2) is 28.9 Å². The Morgan fingerprint density at radius 1 is 0.327 bits per heavy atom. The second-order valence-corrected chi connectivity index (χ2v) is 11.6. The number of hydrogen-bond acceptors (Lipinski definition) is 7. The van der Waals surface area contributed by atoms with Crippen LogP contribution in [0.5, 0.6) is 0 Å². The zero-order chi connectivity index (χ0) is 32.6. The Labute approximate surface area is 281 Å². The molecule has 3 heterocycles. The van der Waals surface area contributed by atoms with E-state index in [2.05, 4.69) is 18.2 Å². The molecule has 0 N–H and O–H groups in total. The number of hydrogen-bond donors (Lipinski definition) is 0. The van der Waals surface area contributed by atoms with E-state index in [9.17, 15) is 0 Å². The topological polar surface area (TPSA) is 90.5 Å². The lowest BCUT2D eigenvalue weighted by atomic mass is 10.0. The van der Waals surface area contributed by atoms with Gasteiger partial charge in [-0.05, 0) is 36.4 Å². The summed E-state index contributed by atoms with van der Waals surface area (Å²) in [7, 11) is 0. The second-order valence-electron chi connectivity index (χ2n) is 11.6. The molecule has 7 heteroatoms. The molecule has 9 rings (SSSR count). The molecule has 0 fully saturated rings. The first-order chi connectivity index (χ1) is 24.2. The Balaban J connectivity index is 1.11. The van der Waals surface area contributed by atoms with Gasteiger partial charge in [0.25, 0.3) is 0 Å². The summed E-state index contributed by atoms with van der Waals surface area (Å²) in [5.74, 6) is 3.04. The van der Waals surface area contributed by atoms with Crippen molar-refractivity contribution >= 4 is 22.0 Å². The van der Waals surface area contributed by atoms with Gasteiger partial charge in [0.1, 0.15) is 5.52 Å². The summed E-state index contributed by atoms with van der Waals surface area (Å²) in [6, 6.07) is 52.0. The second kappa shape index (κ2) is 12.1. The summed E-state index contributed by atoms with van der Waals surface area (Å²) in [6.45, 7) is 0. The third-order valence-electron chi connectivity index (χ3n) is 8.39. The van der Waals surface area contributed by atoms with E-state index < -0.39 is 0 Å². The Bertz CT molecular complexity index is 2530. The van der Waals surface area contributed by atoms with Crippen molar-refractivity contribution in [3.05, 3.63) is 158 Å². The van der Waals surface area contributed by atoms with Crippen LogP contribution in [-0.2, 0) is 0 Å². The van der Waals surface area contributed by atoms with E-state index in [0.717, 1.165) is 55.5 Å². The summed E-state index contributed by atoms with van der Waals surface area (Å²) < 4.78 is 6.05. The van der Waals surface area contributed by atoms with E-state index in [0.29, 0.717) is 34.8 Å². The standard InChI is InChI=1S/C42H26N6O/c1-4-12-28(13-5-1)38-46-39(29-14-6-2-7-15-29)48-40(47-38)30-22-20-27(21-23-30)37-33-18-10-11-19-34(33)43-41(45-37)32-24-25-36-35(26-32)44-42(49-36)31-16-8-3-9-17-31/h1-26H. The molecule has 0 saturated carbocycles. The lowest BCUT2D eigenvalue weighted by Crippen LogP contribution is -2.00. The molecule has 0 atom stereocenters. The molecule has 0 unspecified atom stereocenters. The monoisotopic (exact) mass is 630 g/mol. The maximum atomic E-state index is 6.05. The van der Waals surface area contributed by atoms with Crippen molar-refractivity contribution in [1.82, 2.24) is 29.9 Å². The number of para-hydroxylation sites is 1. The van der Waals surface area contributed by atoms with Gasteiger partial charge in [0.2, 0.25) is 5.89 Å². The lowest BCUT2D eigenvalue weighted by Gasteiger charge is -2.11. The normalized spacial score (nSPS) is 11.3. The first-order valence-corrected chi connectivity index (χ1v) is 16.0. The molecule has 230 valence electrons. The molecule has 0 radical (unpaired) electrons. The largest absolute Gasteiger partial charge is 0.436 e. The van der Waals surface area contributed by atoms with Gasteiger partial charge in [-0.1, -0.05) is 121 Å². The summed E-state index contributed by atoms with van der Waals surface area (Å²) in [5, 5.41) is 0.964. The maximum absolute atomic E-state index is 6.05. The molecule has 0 spiro atoms. The molecule has 0 saturated heterocycles. The van der Waals surface area contributed by atoms with Crippen LogP contribution in [0.1, 0.15) is 0 Å². The number of nitrogens with zero attached hydrogens (tertiary/aromatic N) is 6. The van der Waals surface area contributed by atoms with E-state index in [4.69, 9.17) is 34.3 Å². The highest BCUT2D eigenvalue weighted by molar-refractivity contribution is 5.94. The molecule has 7 nitrogen and oxygen atoms in total. The van der Waals surface area contributed by atoms with Crippen LogP contribution in [0.25, 0.3) is 90.3 Å². The quantitative estimate of drug-likeness (QED) is 0.181. The van der Waals surface area contributed by atoms with Crippen molar-refractivity contribution in [2.45, 2.75) is 0 Å². The predicted molar refractivity (Wildman–Crippen MR) is 193 cm³/mol. The molecular weight excluding hydrogens is 605 g/mol. The number of rotatable bonds is 6. The van der Waals surface area contributed by atoms with Crippen LogP contribution < -0.4 is 0 Å². The molecule has 0 aliphatic carbocycles. The van der Waals surface area contributed by atoms with Gasteiger partial charge in [0.05, 0.1) is 11.2 Å². The van der Waals surface area contributed by atoms with Crippen LogP contribution >= 0.6 is 0 Å². The van der Waals surface area contributed by atoms with E-state index in [1.807, 2.05) is 140 Å². The summed E-state index contributed by atoms with van der Waals surface area (Å²) >= 11 is 0. The fourth-order valence-electron chi connectivity index (χ4n) is 5.91. The van der Waals surface area contributed by atoms with Gasteiger partial charge in [-0.2, -0.15) is 0 Å². The SMILES string of the molecule is c1ccc(-c2nc(-c3ccccc3)nc(-c3ccc(-c4nc(-c5ccc6oc(-c7ccccc7)nc6c5)nc5ccccc45)cc3)n2)cc1. The summed E-state index contributed by atoms with van der Waals surface area (Å²) in [5.41, 5.74) is 8.64. The molecule has 0 aliphatic rings. The zero-order valence-corrected chi connectivity index (χ0v) is 26.1. The van der Waals surface area contributed by atoms with Gasteiger partial charge in [-0.25, -0.2) is 29.9 Å². The molecular formula is C42H26N6O. The first-order valence-electron chi connectivity index (χ1n) is 16.0. The number of benzene rings is 6. The highest BCUT2D eigenvalue weighted by atomic mass is 16.3. The molecule has 6 aromatic carbocycles. The Morgan fingerprint density at radius 3 is 1.45 bits per heavy atom. The zero-order valence-electron chi connectivity index (χ0n) is 26.1. The third kappa shape index (κ3) is 5.49.